The molecule has 31 heavy (non-hydrogen) atoms. The van der Waals surface area contributed by atoms with Crippen molar-refractivity contribution in [2.24, 2.45) is 0 Å². The minimum atomic E-state index is -3.97. The van der Waals surface area contributed by atoms with E-state index >= 15 is 0 Å². The molecule has 1 atom stereocenters. The lowest BCUT2D eigenvalue weighted by atomic mass is 10.2. The summed E-state index contributed by atoms with van der Waals surface area (Å²) >= 11 is 0. The van der Waals surface area contributed by atoms with Crippen LogP contribution in [0.15, 0.2) is 78.9 Å². The molecule has 8 nitrogen and oxygen atoms in total. The molecular weight excluding hydrogens is 420 g/mol. The lowest BCUT2D eigenvalue weighted by molar-refractivity contribution is -0.385. The van der Waals surface area contributed by atoms with Gasteiger partial charge in [-0.3, -0.25) is 10.1 Å². The van der Waals surface area contributed by atoms with E-state index in [1.165, 1.54) is 18.2 Å². The van der Waals surface area contributed by atoms with Crippen molar-refractivity contribution in [1.82, 2.24) is 0 Å². The predicted octanol–water partition coefficient (Wildman–Crippen LogP) is 4.04. The zero-order chi connectivity index (χ0) is 21.8. The summed E-state index contributed by atoms with van der Waals surface area (Å²) in [5, 5.41) is 11.7. The van der Waals surface area contributed by atoms with Crippen LogP contribution in [0.3, 0.4) is 0 Å². The number of epoxide rings is 1. The maximum atomic E-state index is 13.6. The average Bonchev–Trinajstić information content (AvgIpc) is 3.58. The third-order valence-corrected chi connectivity index (χ3v) is 6.33. The summed E-state index contributed by atoms with van der Waals surface area (Å²) in [5.74, 6) is -0.389. The SMILES string of the molecule is O=[N+]([O-])c1cccc(N(c2ccccc2)S(=O)(=O)Cc2ccccc2)c1OCC1CO1. The summed E-state index contributed by atoms with van der Waals surface area (Å²) in [6.07, 6.45) is -0.154. The van der Waals surface area contributed by atoms with Crippen molar-refractivity contribution >= 4 is 27.1 Å². The summed E-state index contributed by atoms with van der Waals surface area (Å²) in [7, 11) is -3.97. The summed E-state index contributed by atoms with van der Waals surface area (Å²) in [6.45, 7) is 0.601. The van der Waals surface area contributed by atoms with Gasteiger partial charge in [0, 0.05) is 6.07 Å². The fourth-order valence-electron chi connectivity index (χ4n) is 3.17. The van der Waals surface area contributed by atoms with Gasteiger partial charge in [-0.25, -0.2) is 12.7 Å². The fourth-order valence-corrected chi connectivity index (χ4v) is 4.80. The van der Waals surface area contributed by atoms with E-state index in [1.807, 2.05) is 0 Å². The molecule has 1 heterocycles. The van der Waals surface area contributed by atoms with Gasteiger partial charge in [-0.05, 0) is 23.8 Å². The molecule has 160 valence electrons. The second-order valence-electron chi connectivity index (χ2n) is 6.99. The highest BCUT2D eigenvalue weighted by molar-refractivity contribution is 7.92. The van der Waals surface area contributed by atoms with Crippen molar-refractivity contribution < 1.29 is 22.8 Å². The van der Waals surface area contributed by atoms with Crippen LogP contribution in [0.2, 0.25) is 0 Å². The van der Waals surface area contributed by atoms with Crippen molar-refractivity contribution in [2.75, 3.05) is 17.5 Å². The summed E-state index contributed by atoms with van der Waals surface area (Å²) in [5.41, 5.74) is 0.722. The summed E-state index contributed by atoms with van der Waals surface area (Å²) in [6, 6.07) is 21.4. The van der Waals surface area contributed by atoms with Crippen LogP contribution in [0.1, 0.15) is 5.56 Å². The highest BCUT2D eigenvalue weighted by atomic mass is 32.2. The molecule has 9 heteroatoms. The maximum absolute atomic E-state index is 13.6. The second-order valence-corrected chi connectivity index (χ2v) is 8.81. The molecule has 0 aliphatic carbocycles. The van der Waals surface area contributed by atoms with Crippen LogP contribution in [0.5, 0.6) is 5.75 Å². The van der Waals surface area contributed by atoms with Crippen molar-refractivity contribution in [3.05, 3.63) is 94.5 Å². The van der Waals surface area contributed by atoms with Crippen molar-refractivity contribution in [2.45, 2.75) is 11.9 Å². The summed E-state index contributed by atoms with van der Waals surface area (Å²) < 4.78 is 39.1. The van der Waals surface area contributed by atoms with Crippen LogP contribution in [0, 0.1) is 10.1 Å². The number of nitro groups is 1. The number of sulfonamides is 1. The minimum Gasteiger partial charge on any atom is -0.482 e. The molecule has 3 aromatic carbocycles. The Morgan fingerprint density at radius 2 is 1.65 bits per heavy atom. The first-order valence-corrected chi connectivity index (χ1v) is 11.2. The number of rotatable bonds is 9. The van der Waals surface area contributed by atoms with Gasteiger partial charge in [0.1, 0.15) is 18.4 Å². The van der Waals surface area contributed by atoms with E-state index in [1.54, 1.807) is 60.7 Å². The van der Waals surface area contributed by atoms with Crippen LogP contribution >= 0.6 is 0 Å². The van der Waals surface area contributed by atoms with E-state index in [9.17, 15) is 18.5 Å². The minimum absolute atomic E-state index is 0.0805. The molecule has 0 amide bonds. The number of nitro benzene ring substituents is 1. The Morgan fingerprint density at radius 3 is 2.26 bits per heavy atom. The number of benzene rings is 3. The molecule has 0 spiro atoms. The first-order chi connectivity index (χ1) is 15.0. The third kappa shape index (κ3) is 4.84. The molecule has 0 bridgehead atoms. The molecule has 0 saturated carbocycles. The van der Waals surface area contributed by atoms with Crippen molar-refractivity contribution in [3.8, 4) is 5.75 Å². The van der Waals surface area contributed by atoms with Gasteiger partial charge in [0.15, 0.2) is 0 Å². The molecule has 1 aliphatic rings. The van der Waals surface area contributed by atoms with Crippen LogP contribution in [-0.4, -0.2) is 32.7 Å². The Kier molecular flexibility index (Phi) is 5.88. The van der Waals surface area contributed by atoms with E-state index in [2.05, 4.69) is 0 Å². The molecule has 4 rings (SSSR count). The Balaban J connectivity index is 1.84. The van der Waals surface area contributed by atoms with Crippen LogP contribution < -0.4 is 9.04 Å². The fraction of sp³-hybridized carbons (Fsp3) is 0.182. The summed E-state index contributed by atoms with van der Waals surface area (Å²) in [4.78, 5) is 11.1. The smallest absolute Gasteiger partial charge is 0.313 e. The van der Waals surface area contributed by atoms with E-state index in [0.717, 1.165) is 4.31 Å². The van der Waals surface area contributed by atoms with Crippen molar-refractivity contribution in [1.29, 1.82) is 0 Å². The first kappa shape index (κ1) is 20.8. The lowest BCUT2D eigenvalue weighted by Crippen LogP contribution is -2.28. The molecule has 1 aliphatic heterocycles. The van der Waals surface area contributed by atoms with Crippen LogP contribution in [0.25, 0.3) is 0 Å². The van der Waals surface area contributed by atoms with Crippen molar-refractivity contribution in [3.63, 3.8) is 0 Å². The van der Waals surface area contributed by atoms with E-state index < -0.39 is 14.9 Å². The van der Waals surface area contributed by atoms with Gasteiger partial charge in [0.2, 0.25) is 15.8 Å². The van der Waals surface area contributed by atoms with Gasteiger partial charge >= 0.3 is 5.69 Å². The Hall–Kier alpha value is -3.43. The largest absolute Gasteiger partial charge is 0.482 e. The van der Waals surface area contributed by atoms with Gasteiger partial charge in [-0.15, -0.1) is 0 Å². The number of para-hydroxylation sites is 2. The predicted molar refractivity (Wildman–Crippen MR) is 116 cm³/mol. The van der Waals surface area contributed by atoms with Gasteiger partial charge in [-0.1, -0.05) is 54.6 Å². The quantitative estimate of drug-likeness (QED) is 0.283. The van der Waals surface area contributed by atoms with Gasteiger partial charge in [0.05, 0.1) is 23.0 Å². The highest BCUT2D eigenvalue weighted by Gasteiger charge is 2.33. The Labute approximate surface area is 179 Å². The van der Waals surface area contributed by atoms with E-state index in [0.29, 0.717) is 17.9 Å². The highest BCUT2D eigenvalue weighted by Crippen LogP contribution is 2.42. The zero-order valence-corrected chi connectivity index (χ0v) is 17.3. The Morgan fingerprint density at radius 1 is 1.00 bits per heavy atom. The van der Waals surface area contributed by atoms with E-state index in [4.69, 9.17) is 9.47 Å². The van der Waals surface area contributed by atoms with Gasteiger partial charge in [-0.2, -0.15) is 0 Å². The molecular formula is C22H20N2O6S. The standard InChI is InChI=1S/C22H20N2O6S/c25-24(26)21-13-7-12-20(22(21)30-15-19-14-29-19)23(18-10-5-2-6-11-18)31(27,28)16-17-8-3-1-4-9-17/h1-13,19H,14-16H2. The topological polar surface area (TPSA) is 102 Å². The normalized spacial score (nSPS) is 15.3. The molecule has 1 saturated heterocycles. The third-order valence-electron chi connectivity index (χ3n) is 4.67. The zero-order valence-electron chi connectivity index (χ0n) is 16.5. The number of anilines is 2. The van der Waals surface area contributed by atoms with Crippen LogP contribution in [0.4, 0.5) is 17.1 Å². The number of nitrogens with zero attached hydrogens (tertiary/aromatic N) is 2. The average molecular weight is 440 g/mol. The number of ether oxygens (including phenoxy) is 2. The number of hydrogen-bond acceptors (Lipinski definition) is 6. The Bertz CT molecular complexity index is 1170. The van der Waals surface area contributed by atoms with E-state index in [-0.39, 0.29) is 35.6 Å². The van der Waals surface area contributed by atoms with Crippen LogP contribution in [-0.2, 0) is 20.5 Å². The molecule has 1 fully saturated rings. The maximum Gasteiger partial charge on any atom is 0.313 e. The monoisotopic (exact) mass is 440 g/mol. The second kappa shape index (κ2) is 8.75. The molecule has 0 radical (unpaired) electrons. The molecule has 0 aromatic heterocycles. The first-order valence-electron chi connectivity index (χ1n) is 9.59. The van der Waals surface area contributed by atoms with Gasteiger partial charge in [0.25, 0.3) is 0 Å². The molecule has 0 N–H and O–H groups in total. The lowest BCUT2D eigenvalue weighted by Gasteiger charge is -2.26. The number of hydrogen-bond donors (Lipinski definition) is 0. The molecule has 1 unspecified atom stereocenters. The van der Waals surface area contributed by atoms with Gasteiger partial charge < -0.3 is 9.47 Å². The molecule has 3 aromatic rings.